The van der Waals surface area contributed by atoms with Crippen molar-refractivity contribution in [1.29, 1.82) is 0 Å². The minimum absolute atomic E-state index is 0.288. The molecule has 0 radical (unpaired) electrons. The maximum absolute atomic E-state index is 11.1. The molecule has 0 spiro atoms. The van der Waals surface area contributed by atoms with E-state index in [1.807, 2.05) is 30.3 Å². The molecule has 2 aromatic carbocycles. The monoisotopic (exact) mass is 445 g/mol. The fourth-order valence-electron chi connectivity index (χ4n) is 2.75. The first-order chi connectivity index (χ1) is 13.0. The maximum Gasteiger partial charge on any atom is 0.410 e. The Balaban J connectivity index is 1.69. The summed E-state index contributed by atoms with van der Waals surface area (Å²) in [6, 6.07) is 12.8. The number of imidazole rings is 1. The van der Waals surface area contributed by atoms with Gasteiger partial charge < -0.3 is 15.5 Å². The van der Waals surface area contributed by atoms with Crippen LogP contribution in [0.15, 0.2) is 46.9 Å². The van der Waals surface area contributed by atoms with Gasteiger partial charge in [0.15, 0.2) is 11.6 Å². The van der Waals surface area contributed by atoms with Gasteiger partial charge in [-0.25, -0.2) is 9.78 Å². The number of para-hydroxylation sites is 1. The molecule has 0 aliphatic rings. The van der Waals surface area contributed by atoms with Gasteiger partial charge in [-0.15, -0.1) is 0 Å². The Hall–Kier alpha value is -2.84. The second-order valence-corrected chi connectivity index (χ2v) is 7.06. The van der Waals surface area contributed by atoms with Crippen LogP contribution in [0.25, 0.3) is 22.6 Å². The van der Waals surface area contributed by atoms with Crippen LogP contribution >= 0.6 is 27.5 Å². The van der Waals surface area contributed by atoms with Crippen LogP contribution in [0.2, 0.25) is 5.02 Å². The fourth-order valence-corrected chi connectivity index (χ4v) is 3.38. The minimum atomic E-state index is -0.891. The molecule has 0 aliphatic heterocycles. The zero-order valence-electron chi connectivity index (χ0n) is 13.8. The molecule has 0 bridgehead atoms. The van der Waals surface area contributed by atoms with Crippen LogP contribution in [0.3, 0.4) is 0 Å². The van der Waals surface area contributed by atoms with Crippen LogP contribution < -0.4 is 10.5 Å². The second kappa shape index (κ2) is 7.05. The van der Waals surface area contributed by atoms with Gasteiger partial charge in [0, 0.05) is 11.4 Å². The maximum atomic E-state index is 11.1. The van der Waals surface area contributed by atoms with E-state index in [4.69, 9.17) is 22.1 Å². The predicted octanol–water partition coefficient (Wildman–Crippen LogP) is 4.42. The minimum Gasteiger partial charge on any atom is -0.408 e. The van der Waals surface area contributed by atoms with Crippen molar-refractivity contribution in [2.45, 2.75) is 6.42 Å². The molecule has 136 valence electrons. The number of carbonyl (C=O) groups is 1. The number of H-pyrrole nitrogens is 2. The quantitative estimate of drug-likeness (QED) is 0.431. The highest BCUT2D eigenvalue weighted by Crippen LogP contribution is 2.32. The van der Waals surface area contributed by atoms with Crippen molar-refractivity contribution in [2.75, 3.05) is 0 Å². The number of nitrogens with two attached hydrogens (primary N) is 1. The van der Waals surface area contributed by atoms with E-state index in [0.717, 1.165) is 15.7 Å². The van der Waals surface area contributed by atoms with E-state index in [1.165, 1.54) is 0 Å². The summed E-state index contributed by atoms with van der Waals surface area (Å²) in [6.45, 7) is 0. The molecule has 0 saturated carbocycles. The van der Waals surface area contributed by atoms with Crippen molar-refractivity contribution in [1.82, 2.24) is 20.2 Å². The highest BCUT2D eigenvalue weighted by Gasteiger charge is 2.18. The summed E-state index contributed by atoms with van der Waals surface area (Å²) >= 11 is 9.52. The number of carbonyl (C=O) groups excluding carboxylic acids is 1. The summed E-state index contributed by atoms with van der Waals surface area (Å²) in [6.07, 6.45) is -0.237. The van der Waals surface area contributed by atoms with E-state index in [0.29, 0.717) is 34.0 Å². The van der Waals surface area contributed by atoms with Crippen molar-refractivity contribution in [2.24, 2.45) is 5.73 Å². The van der Waals surface area contributed by atoms with Gasteiger partial charge in [0.25, 0.3) is 0 Å². The number of aromatic nitrogens is 4. The summed E-state index contributed by atoms with van der Waals surface area (Å²) in [5, 5.41) is 8.09. The van der Waals surface area contributed by atoms with Gasteiger partial charge in [-0.05, 0) is 45.8 Å². The molecule has 9 heteroatoms. The van der Waals surface area contributed by atoms with Crippen molar-refractivity contribution < 1.29 is 9.53 Å². The number of nitrogens with zero attached hydrogens (tertiary/aromatic N) is 2. The standard InChI is InChI=1S/C18H13BrClN5O2/c19-14-12(8-9-4-6-10(20)7-5-9)24-25-16(14)17-22-11-2-1-3-13(15(11)23-17)27-18(21)26/h1-7H,8H2,(H2,21,26)(H,22,23)(H,24,25). The lowest BCUT2D eigenvalue weighted by Gasteiger charge is -2.00. The van der Waals surface area contributed by atoms with Crippen molar-refractivity contribution >= 4 is 44.7 Å². The number of benzene rings is 2. The van der Waals surface area contributed by atoms with E-state index in [9.17, 15) is 4.79 Å². The number of hydrogen-bond donors (Lipinski definition) is 3. The summed E-state index contributed by atoms with van der Waals surface area (Å²) in [7, 11) is 0. The zero-order chi connectivity index (χ0) is 19.0. The Bertz CT molecular complexity index is 1140. The van der Waals surface area contributed by atoms with Gasteiger partial charge in [-0.3, -0.25) is 5.10 Å². The number of aromatic amines is 2. The van der Waals surface area contributed by atoms with Gasteiger partial charge in [-0.1, -0.05) is 29.8 Å². The second-order valence-electron chi connectivity index (χ2n) is 5.83. The molecule has 4 aromatic rings. The molecule has 27 heavy (non-hydrogen) atoms. The summed E-state index contributed by atoms with van der Waals surface area (Å²) in [5.74, 6) is 0.826. The molecule has 0 saturated heterocycles. The lowest BCUT2D eigenvalue weighted by molar-refractivity contribution is 0.211. The molecule has 2 heterocycles. The van der Waals surface area contributed by atoms with Crippen LogP contribution in [0.4, 0.5) is 4.79 Å². The fraction of sp³-hybridized carbons (Fsp3) is 0.0556. The van der Waals surface area contributed by atoms with Crippen molar-refractivity contribution in [3.05, 3.63) is 63.2 Å². The lowest BCUT2D eigenvalue weighted by atomic mass is 10.1. The normalized spacial score (nSPS) is 11.0. The van der Waals surface area contributed by atoms with Crippen LogP contribution in [0.5, 0.6) is 5.75 Å². The first-order valence-corrected chi connectivity index (χ1v) is 9.12. The number of rotatable bonds is 4. The lowest BCUT2D eigenvalue weighted by Crippen LogP contribution is -2.16. The van der Waals surface area contributed by atoms with E-state index < -0.39 is 6.09 Å². The van der Waals surface area contributed by atoms with E-state index >= 15 is 0 Å². The zero-order valence-corrected chi connectivity index (χ0v) is 16.1. The van der Waals surface area contributed by atoms with E-state index in [-0.39, 0.29) is 5.75 Å². The topological polar surface area (TPSA) is 110 Å². The Morgan fingerprint density at radius 1 is 1.22 bits per heavy atom. The summed E-state index contributed by atoms with van der Waals surface area (Å²) < 4.78 is 5.81. The molecular weight excluding hydrogens is 434 g/mol. The smallest absolute Gasteiger partial charge is 0.408 e. The first kappa shape index (κ1) is 17.6. The van der Waals surface area contributed by atoms with Gasteiger partial charge >= 0.3 is 6.09 Å². The van der Waals surface area contributed by atoms with Crippen LogP contribution in [0, 0.1) is 0 Å². The number of nitrogens with one attached hydrogen (secondary N) is 2. The Kier molecular flexibility index (Phi) is 4.59. The number of amides is 1. The third-order valence-corrected chi connectivity index (χ3v) is 5.09. The predicted molar refractivity (Wildman–Crippen MR) is 106 cm³/mol. The summed E-state index contributed by atoms with van der Waals surface area (Å²) in [5.41, 5.74) is 8.94. The SMILES string of the molecule is NC(=O)Oc1cccc2[nH]c(-c3n[nH]c(Cc4ccc(Cl)cc4)c3Br)nc12. The van der Waals surface area contributed by atoms with E-state index in [1.54, 1.807) is 12.1 Å². The van der Waals surface area contributed by atoms with Crippen LogP contribution in [-0.4, -0.2) is 26.3 Å². The molecule has 0 atom stereocenters. The molecule has 7 nitrogen and oxygen atoms in total. The number of hydrogen-bond acceptors (Lipinski definition) is 4. The molecule has 1 amide bonds. The highest BCUT2D eigenvalue weighted by atomic mass is 79.9. The number of halogens is 2. The van der Waals surface area contributed by atoms with Gasteiger partial charge in [0.05, 0.1) is 15.7 Å². The first-order valence-electron chi connectivity index (χ1n) is 7.95. The Morgan fingerprint density at radius 3 is 2.74 bits per heavy atom. The number of primary amides is 1. The third-order valence-electron chi connectivity index (χ3n) is 3.98. The van der Waals surface area contributed by atoms with Gasteiger partial charge in [0.1, 0.15) is 11.2 Å². The van der Waals surface area contributed by atoms with E-state index in [2.05, 4.69) is 36.1 Å². The van der Waals surface area contributed by atoms with Crippen molar-refractivity contribution in [3.63, 3.8) is 0 Å². The largest absolute Gasteiger partial charge is 0.410 e. The Labute approximate surface area is 167 Å². The Morgan fingerprint density at radius 2 is 2.00 bits per heavy atom. The molecule has 0 aliphatic carbocycles. The van der Waals surface area contributed by atoms with Crippen LogP contribution in [-0.2, 0) is 6.42 Å². The summed E-state index contributed by atoms with van der Waals surface area (Å²) in [4.78, 5) is 18.8. The van der Waals surface area contributed by atoms with Crippen molar-refractivity contribution in [3.8, 4) is 17.3 Å². The molecular formula is C18H13BrClN5O2. The molecule has 4 N–H and O–H groups in total. The molecule has 0 fully saturated rings. The molecule has 4 rings (SSSR count). The van der Waals surface area contributed by atoms with Gasteiger partial charge in [0.2, 0.25) is 0 Å². The van der Waals surface area contributed by atoms with Crippen LogP contribution in [0.1, 0.15) is 11.3 Å². The highest BCUT2D eigenvalue weighted by molar-refractivity contribution is 9.10. The molecule has 0 unspecified atom stereocenters. The third kappa shape index (κ3) is 3.54. The molecule has 2 aromatic heterocycles. The van der Waals surface area contributed by atoms with Gasteiger partial charge in [-0.2, -0.15) is 5.10 Å². The average molecular weight is 447 g/mol. The average Bonchev–Trinajstić information content (AvgIpc) is 3.21. The number of fused-ring (bicyclic) bond motifs is 1. The number of ether oxygens (including phenoxy) is 1.